The first kappa shape index (κ1) is 23.3. The fourth-order valence-corrected chi connectivity index (χ4v) is 4.49. The Bertz CT molecular complexity index is 1120. The maximum Gasteiger partial charge on any atom is 0.417 e. The third-order valence-corrected chi connectivity index (χ3v) is 6.23. The zero-order valence-electron chi connectivity index (χ0n) is 17.7. The minimum Gasteiger partial charge on any atom is -0.344 e. The summed E-state index contributed by atoms with van der Waals surface area (Å²) in [4.78, 5) is 17.3. The number of halogens is 4. The van der Waals surface area contributed by atoms with Crippen molar-refractivity contribution in [3.63, 3.8) is 0 Å². The van der Waals surface area contributed by atoms with E-state index in [2.05, 4.69) is 15.6 Å². The quantitative estimate of drug-likeness (QED) is 0.475. The van der Waals surface area contributed by atoms with Crippen molar-refractivity contribution in [1.82, 2.24) is 15.6 Å². The van der Waals surface area contributed by atoms with E-state index in [-0.39, 0.29) is 11.6 Å². The molecule has 1 aliphatic rings. The van der Waals surface area contributed by atoms with Crippen molar-refractivity contribution in [2.75, 3.05) is 6.54 Å². The van der Waals surface area contributed by atoms with Gasteiger partial charge < -0.3 is 10.6 Å². The molecule has 33 heavy (non-hydrogen) atoms. The molecule has 2 atom stereocenters. The van der Waals surface area contributed by atoms with E-state index in [1.165, 1.54) is 12.1 Å². The molecular weight excluding hydrogens is 451 g/mol. The smallest absolute Gasteiger partial charge is 0.344 e. The maximum absolute atomic E-state index is 13.3. The van der Waals surface area contributed by atoms with Crippen LogP contribution in [0.4, 0.5) is 13.2 Å². The molecule has 1 unspecified atom stereocenters. The maximum atomic E-state index is 13.3. The second kappa shape index (κ2) is 9.93. The van der Waals surface area contributed by atoms with Crippen LogP contribution in [-0.4, -0.2) is 23.5 Å². The largest absolute Gasteiger partial charge is 0.417 e. The van der Waals surface area contributed by atoms with E-state index in [0.717, 1.165) is 48.6 Å². The van der Waals surface area contributed by atoms with E-state index in [1.807, 2.05) is 36.4 Å². The Morgan fingerprint density at radius 1 is 1.09 bits per heavy atom. The van der Waals surface area contributed by atoms with Gasteiger partial charge in [-0.1, -0.05) is 48.4 Å². The molecule has 172 valence electrons. The molecule has 8 heteroatoms. The zero-order chi connectivity index (χ0) is 23.4. The van der Waals surface area contributed by atoms with Crippen LogP contribution in [0.3, 0.4) is 0 Å². The lowest BCUT2D eigenvalue weighted by Crippen LogP contribution is -2.46. The lowest BCUT2D eigenvalue weighted by molar-refractivity contribution is -0.137. The molecule has 0 bridgehead atoms. The zero-order valence-corrected chi connectivity index (χ0v) is 18.5. The van der Waals surface area contributed by atoms with Gasteiger partial charge in [0.15, 0.2) is 0 Å². The Morgan fingerprint density at radius 3 is 2.58 bits per heavy atom. The van der Waals surface area contributed by atoms with E-state index >= 15 is 0 Å². The van der Waals surface area contributed by atoms with Crippen LogP contribution in [0.25, 0.3) is 11.1 Å². The topological polar surface area (TPSA) is 54.0 Å². The Labute approximate surface area is 195 Å². The van der Waals surface area contributed by atoms with Gasteiger partial charge >= 0.3 is 6.18 Å². The summed E-state index contributed by atoms with van der Waals surface area (Å²) in [5, 5.41) is 5.80. The molecule has 1 saturated heterocycles. The van der Waals surface area contributed by atoms with Crippen LogP contribution in [0.5, 0.6) is 0 Å². The van der Waals surface area contributed by atoms with Crippen LogP contribution < -0.4 is 10.6 Å². The van der Waals surface area contributed by atoms with Crippen LogP contribution in [0.1, 0.15) is 46.8 Å². The Balaban J connectivity index is 1.68. The third-order valence-electron chi connectivity index (χ3n) is 5.83. The average Bonchev–Trinajstić information content (AvgIpc) is 2.83. The van der Waals surface area contributed by atoms with Gasteiger partial charge in [-0.15, -0.1) is 0 Å². The average molecular weight is 474 g/mol. The number of aromatic nitrogens is 1. The molecule has 0 saturated carbocycles. The number of piperidine rings is 1. The number of carbonyl (C=O) groups excluding carboxylic acids is 1. The van der Waals surface area contributed by atoms with Crippen LogP contribution >= 0.6 is 11.6 Å². The Hall–Kier alpha value is -2.90. The van der Waals surface area contributed by atoms with Gasteiger partial charge in [-0.05, 0) is 60.3 Å². The van der Waals surface area contributed by atoms with Crippen LogP contribution in [0.2, 0.25) is 5.02 Å². The molecule has 0 aliphatic carbocycles. The molecule has 1 amide bonds. The second-order valence-corrected chi connectivity index (χ2v) is 8.42. The number of benzene rings is 2. The first-order valence-electron chi connectivity index (χ1n) is 10.7. The van der Waals surface area contributed by atoms with E-state index in [1.54, 1.807) is 12.4 Å². The van der Waals surface area contributed by atoms with Crippen molar-refractivity contribution in [3.05, 3.63) is 88.7 Å². The third kappa shape index (κ3) is 5.37. The number of hydrogen-bond acceptors (Lipinski definition) is 3. The molecular formula is C25H23ClF3N3O. The van der Waals surface area contributed by atoms with Crippen LogP contribution in [0.15, 0.2) is 67.0 Å². The summed E-state index contributed by atoms with van der Waals surface area (Å²) in [6.45, 7) is 0.809. The molecule has 4 rings (SSSR count). The number of rotatable bonds is 5. The Morgan fingerprint density at radius 2 is 1.88 bits per heavy atom. The van der Waals surface area contributed by atoms with Crippen molar-refractivity contribution in [2.24, 2.45) is 0 Å². The molecule has 2 N–H and O–H groups in total. The van der Waals surface area contributed by atoms with Gasteiger partial charge in [-0.25, -0.2) is 0 Å². The molecule has 2 aromatic carbocycles. The van der Waals surface area contributed by atoms with Crippen molar-refractivity contribution in [2.45, 2.75) is 37.5 Å². The molecule has 0 radical (unpaired) electrons. The van der Waals surface area contributed by atoms with Crippen molar-refractivity contribution < 1.29 is 18.0 Å². The summed E-state index contributed by atoms with van der Waals surface area (Å²) in [6.07, 6.45) is 1.67. The molecule has 1 aliphatic heterocycles. The van der Waals surface area contributed by atoms with Gasteiger partial charge in [0, 0.05) is 18.4 Å². The summed E-state index contributed by atoms with van der Waals surface area (Å²) in [5.41, 5.74) is 1.50. The predicted octanol–water partition coefficient (Wildman–Crippen LogP) is 6.03. The normalized spacial score (nSPS) is 17.4. The van der Waals surface area contributed by atoms with Gasteiger partial charge in [0.1, 0.15) is 0 Å². The molecule has 0 spiro atoms. The van der Waals surface area contributed by atoms with E-state index < -0.39 is 28.7 Å². The van der Waals surface area contributed by atoms with Crippen LogP contribution in [-0.2, 0) is 6.18 Å². The molecule has 1 aromatic heterocycles. The highest BCUT2D eigenvalue weighted by Gasteiger charge is 2.35. The highest BCUT2D eigenvalue weighted by Crippen LogP contribution is 2.36. The number of hydrogen-bond donors (Lipinski definition) is 2. The minimum absolute atomic E-state index is 0.0589. The SMILES string of the molecule is O=C(N[C@@H](c1cccc(-c2cccnc2)c1)C1CCCCN1)c1cccc(C(F)(F)F)c1Cl. The van der Waals surface area contributed by atoms with Gasteiger partial charge in [0.2, 0.25) is 0 Å². The Kier molecular flexibility index (Phi) is 7.00. The van der Waals surface area contributed by atoms with Crippen molar-refractivity contribution in [1.29, 1.82) is 0 Å². The molecule has 4 nitrogen and oxygen atoms in total. The summed E-state index contributed by atoms with van der Waals surface area (Å²) < 4.78 is 39.9. The fourth-order valence-electron chi connectivity index (χ4n) is 4.17. The standard InChI is InChI=1S/C25H23ClF3N3O/c26-22-19(9-4-10-20(22)25(27,28)29)24(33)32-23(21-11-1-2-13-31-21)17-7-3-6-16(14-17)18-8-5-12-30-15-18/h3-10,12,14-15,21,23,31H,1-2,11,13H2,(H,32,33)/t21?,23-/m0/s1. The van der Waals surface area contributed by atoms with Crippen molar-refractivity contribution in [3.8, 4) is 11.1 Å². The summed E-state index contributed by atoms with van der Waals surface area (Å²) in [5.74, 6) is -0.643. The number of alkyl halides is 3. The summed E-state index contributed by atoms with van der Waals surface area (Å²) >= 11 is 6.01. The number of nitrogens with zero attached hydrogens (tertiary/aromatic N) is 1. The lowest BCUT2D eigenvalue weighted by atomic mass is 9.90. The number of nitrogens with one attached hydrogen (secondary N) is 2. The highest BCUT2D eigenvalue weighted by atomic mass is 35.5. The van der Waals surface area contributed by atoms with Gasteiger partial charge in [0.05, 0.1) is 22.2 Å². The first-order chi connectivity index (χ1) is 15.8. The van der Waals surface area contributed by atoms with Crippen molar-refractivity contribution >= 4 is 17.5 Å². The lowest BCUT2D eigenvalue weighted by Gasteiger charge is -2.32. The van der Waals surface area contributed by atoms with Gasteiger partial charge in [-0.2, -0.15) is 13.2 Å². The molecule has 1 fully saturated rings. The van der Waals surface area contributed by atoms with E-state index in [0.29, 0.717) is 0 Å². The summed E-state index contributed by atoms with van der Waals surface area (Å²) in [7, 11) is 0. The highest BCUT2D eigenvalue weighted by molar-refractivity contribution is 6.34. The van der Waals surface area contributed by atoms with Crippen LogP contribution in [0, 0.1) is 0 Å². The molecule has 2 heterocycles. The minimum atomic E-state index is -4.64. The van der Waals surface area contributed by atoms with Gasteiger partial charge in [-0.3, -0.25) is 9.78 Å². The van der Waals surface area contributed by atoms with E-state index in [9.17, 15) is 18.0 Å². The fraction of sp³-hybridized carbons (Fsp3) is 0.280. The number of pyridine rings is 1. The van der Waals surface area contributed by atoms with Gasteiger partial charge in [0.25, 0.3) is 5.91 Å². The monoisotopic (exact) mass is 473 g/mol. The second-order valence-electron chi connectivity index (χ2n) is 8.04. The first-order valence-corrected chi connectivity index (χ1v) is 11.1. The molecule has 3 aromatic rings. The summed E-state index contributed by atoms with van der Waals surface area (Å²) in [6, 6.07) is 14.4. The predicted molar refractivity (Wildman–Crippen MR) is 122 cm³/mol. The number of amides is 1. The van der Waals surface area contributed by atoms with E-state index in [4.69, 9.17) is 11.6 Å². The number of carbonyl (C=O) groups is 1.